The van der Waals surface area contributed by atoms with E-state index >= 15 is 0 Å². The summed E-state index contributed by atoms with van der Waals surface area (Å²) in [5, 5.41) is 0. The van der Waals surface area contributed by atoms with Crippen molar-refractivity contribution >= 4 is 0 Å². The lowest BCUT2D eigenvalue weighted by molar-refractivity contribution is 0.653. The summed E-state index contributed by atoms with van der Waals surface area (Å²) in [5.74, 6) is 0.539. The summed E-state index contributed by atoms with van der Waals surface area (Å²) in [6.45, 7) is 16.1. The summed E-state index contributed by atoms with van der Waals surface area (Å²) >= 11 is 0. The average molecular weight is 226 g/mol. The Labute approximate surface area is 105 Å². The third-order valence-electron chi connectivity index (χ3n) is 3.11. The predicted octanol–water partition coefficient (Wildman–Crippen LogP) is 5.26. The van der Waals surface area contributed by atoms with E-state index in [1.54, 1.807) is 0 Å². The van der Waals surface area contributed by atoms with E-state index in [9.17, 15) is 0 Å². The van der Waals surface area contributed by atoms with E-state index < -0.39 is 0 Å². The fraction of sp³-hybridized carbons (Fsp3) is 0.294. The summed E-state index contributed by atoms with van der Waals surface area (Å²) < 4.78 is 0. The normalized spacial score (nSPS) is 16.5. The molecule has 2 rings (SSSR count). The topological polar surface area (TPSA) is 0 Å². The van der Waals surface area contributed by atoms with Gasteiger partial charge in [0.05, 0.1) is 0 Å². The molecule has 0 aromatic heterocycles. The molecule has 0 nitrogen and oxygen atoms in total. The first-order valence-corrected chi connectivity index (χ1v) is 6.28. The molecule has 1 aliphatic carbocycles. The van der Waals surface area contributed by atoms with Crippen LogP contribution in [0.15, 0.2) is 66.8 Å². The molecule has 0 N–H and O–H groups in total. The molecule has 0 unspecified atom stereocenters. The van der Waals surface area contributed by atoms with Gasteiger partial charge in [0.25, 0.3) is 0 Å². The molecule has 0 amide bonds. The van der Waals surface area contributed by atoms with Gasteiger partial charge in [0, 0.05) is 0 Å². The van der Waals surface area contributed by atoms with Gasteiger partial charge < -0.3 is 0 Å². The molecule has 0 spiro atoms. The number of benzene rings is 1. The van der Waals surface area contributed by atoms with Crippen molar-refractivity contribution in [3.63, 3.8) is 0 Å². The largest absolute Gasteiger partial charge is 0.0952 e. The van der Waals surface area contributed by atoms with Gasteiger partial charge >= 0.3 is 0 Å². The Balaban J connectivity index is 0.000000686. The summed E-state index contributed by atoms with van der Waals surface area (Å²) in [4.78, 5) is 0. The van der Waals surface area contributed by atoms with E-state index in [4.69, 9.17) is 0 Å². The Kier molecular flexibility index (Phi) is 4.96. The van der Waals surface area contributed by atoms with Gasteiger partial charge in [0.2, 0.25) is 0 Å². The van der Waals surface area contributed by atoms with Gasteiger partial charge in [0.1, 0.15) is 0 Å². The molecule has 0 heteroatoms. The van der Waals surface area contributed by atoms with Crippen molar-refractivity contribution < 1.29 is 0 Å². The lowest BCUT2D eigenvalue weighted by Gasteiger charge is -2.27. The number of rotatable bonds is 1. The lowest BCUT2D eigenvalue weighted by Crippen LogP contribution is -2.10. The molecule has 90 valence electrons. The smallest absolute Gasteiger partial charge is 0.00810 e. The van der Waals surface area contributed by atoms with Crippen LogP contribution in [0.25, 0.3) is 0 Å². The molecule has 0 heterocycles. The second kappa shape index (κ2) is 6.24. The van der Waals surface area contributed by atoms with E-state index in [1.165, 1.54) is 5.56 Å². The minimum atomic E-state index is 0.539. The third kappa shape index (κ3) is 3.20. The Hall–Kier alpha value is -1.56. The first-order chi connectivity index (χ1) is 8.18. The molecule has 1 saturated carbocycles. The maximum Gasteiger partial charge on any atom is -0.00810 e. The molecule has 0 radical (unpaired) electrons. The zero-order valence-corrected chi connectivity index (χ0v) is 11.0. The highest BCUT2D eigenvalue weighted by atomic mass is 14.3. The maximum atomic E-state index is 4.06. The number of hydrogen-bond donors (Lipinski definition) is 0. The second-order valence-electron chi connectivity index (χ2n) is 4.20. The SMILES string of the molecule is C=C1CC(c2ccccc2)CC(=C)C1=C.CC. The number of hydrogen-bond acceptors (Lipinski definition) is 0. The van der Waals surface area contributed by atoms with Crippen molar-refractivity contribution in [1.82, 2.24) is 0 Å². The van der Waals surface area contributed by atoms with Crippen LogP contribution >= 0.6 is 0 Å². The van der Waals surface area contributed by atoms with Crippen LogP contribution in [0, 0.1) is 0 Å². The molecular formula is C17H22. The van der Waals surface area contributed by atoms with Crippen molar-refractivity contribution in [2.75, 3.05) is 0 Å². The summed E-state index contributed by atoms with van der Waals surface area (Å²) in [6, 6.07) is 10.6. The van der Waals surface area contributed by atoms with Crippen molar-refractivity contribution in [2.45, 2.75) is 32.6 Å². The molecule has 0 atom stereocenters. The highest BCUT2D eigenvalue weighted by molar-refractivity contribution is 5.47. The molecular weight excluding hydrogens is 204 g/mol. The fourth-order valence-electron chi connectivity index (χ4n) is 2.12. The van der Waals surface area contributed by atoms with Gasteiger partial charge in [-0.05, 0) is 41.0 Å². The minimum Gasteiger partial charge on any atom is -0.0952 e. The van der Waals surface area contributed by atoms with Crippen LogP contribution in [-0.4, -0.2) is 0 Å². The Morgan fingerprint density at radius 2 is 1.35 bits per heavy atom. The monoisotopic (exact) mass is 226 g/mol. The summed E-state index contributed by atoms with van der Waals surface area (Å²) in [6.07, 6.45) is 2.03. The number of allylic oxidation sites excluding steroid dienone is 3. The molecule has 17 heavy (non-hydrogen) atoms. The van der Waals surface area contributed by atoms with Crippen molar-refractivity contribution in [2.24, 2.45) is 0 Å². The Morgan fingerprint density at radius 1 is 0.882 bits per heavy atom. The van der Waals surface area contributed by atoms with Gasteiger partial charge in [-0.1, -0.05) is 63.9 Å². The van der Waals surface area contributed by atoms with E-state index in [1.807, 2.05) is 13.8 Å². The van der Waals surface area contributed by atoms with Crippen LogP contribution in [0.3, 0.4) is 0 Å². The van der Waals surface area contributed by atoms with Crippen molar-refractivity contribution in [3.8, 4) is 0 Å². The van der Waals surface area contributed by atoms with E-state index in [0.717, 1.165) is 29.6 Å². The van der Waals surface area contributed by atoms with Crippen LogP contribution < -0.4 is 0 Å². The van der Waals surface area contributed by atoms with E-state index in [-0.39, 0.29) is 0 Å². The first kappa shape index (κ1) is 13.5. The molecule has 1 aromatic carbocycles. The highest BCUT2D eigenvalue weighted by Gasteiger charge is 2.22. The van der Waals surface area contributed by atoms with Gasteiger partial charge in [0.15, 0.2) is 0 Å². The molecule has 1 fully saturated rings. The van der Waals surface area contributed by atoms with E-state index in [2.05, 4.69) is 50.1 Å². The molecule has 0 aliphatic heterocycles. The third-order valence-corrected chi connectivity index (χ3v) is 3.11. The van der Waals surface area contributed by atoms with Gasteiger partial charge in [-0.25, -0.2) is 0 Å². The van der Waals surface area contributed by atoms with Crippen molar-refractivity contribution in [1.29, 1.82) is 0 Å². The van der Waals surface area contributed by atoms with E-state index in [0.29, 0.717) is 5.92 Å². The molecule has 1 aromatic rings. The lowest BCUT2D eigenvalue weighted by atomic mass is 9.77. The summed E-state index contributed by atoms with van der Waals surface area (Å²) in [5.41, 5.74) is 4.72. The zero-order valence-electron chi connectivity index (χ0n) is 11.0. The van der Waals surface area contributed by atoms with Gasteiger partial charge in [-0.3, -0.25) is 0 Å². The van der Waals surface area contributed by atoms with Gasteiger partial charge in [-0.15, -0.1) is 0 Å². The Morgan fingerprint density at radius 3 is 1.82 bits per heavy atom. The molecule has 1 aliphatic rings. The fourth-order valence-corrected chi connectivity index (χ4v) is 2.12. The van der Waals surface area contributed by atoms with Crippen LogP contribution in [0.1, 0.15) is 38.2 Å². The molecule has 0 saturated heterocycles. The minimum absolute atomic E-state index is 0.539. The van der Waals surface area contributed by atoms with Crippen LogP contribution in [-0.2, 0) is 0 Å². The first-order valence-electron chi connectivity index (χ1n) is 6.28. The average Bonchev–Trinajstić information content (AvgIpc) is 2.39. The highest BCUT2D eigenvalue weighted by Crippen LogP contribution is 2.39. The van der Waals surface area contributed by atoms with Gasteiger partial charge in [-0.2, -0.15) is 0 Å². The van der Waals surface area contributed by atoms with Crippen molar-refractivity contribution in [3.05, 3.63) is 72.4 Å². The quantitative estimate of drug-likeness (QED) is 0.613. The summed E-state index contributed by atoms with van der Waals surface area (Å²) in [7, 11) is 0. The van der Waals surface area contributed by atoms with Crippen LogP contribution in [0.2, 0.25) is 0 Å². The second-order valence-corrected chi connectivity index (χ2v) is 4.20. The van der Waals surface area contributed by atoms with Crippen LogP contribution in [0.5, 0.6) is 0 Å². The van der Waals surface area contributed by atoms with Crippen LogP contribution in [0.4, 0.5) is 0 Å². The maximum absolute atomic E-state index is 4.06. The Bertz CT molecular complexity index is 389. The standard InChI is InChI=1S/C15H16.C2H6/c1-11-9-15(10-12(2)13(11)3)14-7-5-4-6-8-14;1-2/h4-8,15H,1-3,9-10H2;1-2H3. The molecule has 0 bridgehead atoms. The zero-order chi connectivity index (χ0) is 12.8. The predicted molar refractivity (Wildman–Crippen MR) is 77.2 cm³/mol.